The van der Waals surface area contributed by atoms with E-state index in [4.69, 9.17) is 4.74 Å². The predicted molar refractivity (Wildman–Crippen MR) is 117 cm³/mol. The minimum Gasteiger partial charge on any atom is -0.496 e. The van der Waals surface area contributed by atoms with Crippen molar-refractivity contribution in [2.45, 2.75) is 19.5 Å². The molecule has 0 aliphatic heterocycles. The first-order valence-corrected chi connectivity index (χ1v) is 9.98. The topological polar surface area (TPSA) is 24.5 Å². The van der Waals surface area contributed by atoms with Gasteiger partial charge in [0.25, 0.3) is 0 Å². The molecule has 0 fully saturated rings. The molecule has 0 amide bonds. The summed E-state index contributed by atoms with van der Waals surface area (Å²) in [5.41, 5.74) is 3.96. The van der Waals surface area contributed by atoms with Crippen LogP contribution in [0.1, 0.15) is 16.7 Å². The van der Waals surface area contributed by atoms with E-state index in [1.807, 2.05) is 12.1 Å². The van der Waals surface area contributed by atoms with Crippen molar-refractivity contribution in [1.82, 2.24) is 10.2 Å². The summed E-state index contributed by atoms with van der Waals surface area (Å²) in [6.07, 6.45) is 0.974. The largest absolute Gasteiger partial charge is 0.496 e. The summed E-state index contributed by atoms with van der Waals surface area (Å²) >= 11 is 0. The minimum absolute atomic E-state index is 0.949. The van der Waals surface area contributed by atoms with Crippen molar-refractivity contribution in [3.05, 3.63) is 102 Å². The molecule has 3 aromatic carbocycles. The van der Waals surface area contributed by atoms with Gasteiger partial charge >= 0.3 is 0 Å². The first-order chi connectivity index (χ1) is 13.8. The molecular formula is C25H30N2O. The Morgan fingerprint density at radius 1 is 0.714 bits per heavy atom. The van der Waals surface area contributed by atoms with Crippen LogP contribution in [0.3, 0.4) is 0 Å². The number of hydrogen-bond donors (Lipinski definition) is 1. The van der Waals surface area contributed by atoms with Crippen LogP contribution in [-0.2, 0) is 19.5 Å². The van der Waals surface area contributed by atoms with Crippen molar-refractivity contribution in [3.63, 3.8) is 0 Å². The van der Waals surface area contributed by atoms with E-state index < -0.39 is 0 Å². The van der Waals surface area contributed by atoms with Gasteiger partial charge in [-0.25, -0.2) is 0 Å². The van der Waals surface area contributed by atoms with Crippen LogP contribution in [-0.4, -0.2) is 31.6 Å². The number of ether oxygens (including phenoxy) is 1. The Morgan fingerprint density at radius 3 is 1.89 bits per heavy atom. The van der Waals surface area contributed by atoms with Gasteiger partial charge in [0.1, 0.15) is 5.75 Å². The molecule has 0 atom stereocenters. The second-order valence-corrected chi connectivity index (χ2v) is 6.99. The van der Waals surface area contributed by atoms with E-state index in [-0.39, 0.29) is 0 Å². The van der Waals surface area contributed by atoms with Gasteiger partial charge < -0.3 is 10.1 Å². The molecule has 3 nitrogen and oxygen atoms in total. The van der Waals surface area contributed by atoms with Gasteiger partial charge in [0, 0.05) is 26.2 Å². The van der Waals surface area contributed by atoms with E-state index in [2.05, 4.69) is 83.0 Å². The third kappa shape index (κ3) is 6.52. The zero-order chi connectivity index (χ0) is 19.4. The van der Waals surface area contributed by atoms with E-state index in [0.29, 0.717) is 0 Å². The molecule has 0 bridgehead atoms. The van der Waals surface area contributed by atoms with Gasteiger partial charge in [-0.05, 0) is 35.7 Å². The summed E-state index contributed by atoms with van der Waals surface area (Å²) < 4.78 is 5.44. The van der Waals surface area contributed by atoms with Crippen LogP contribution in [0.15, 0.2) is 84.9 Å². The van der Waals surface area contributed by atoms with Crippen LogP contribution < -0.4 is 10.1 Å². The highest BCUT2D eigenvalue weighted by Gasteiger charge is 2.07. The average molecular weight is 375 g/mol. The fourth-order valence-electron chi connectivity index (χ4n) is 3.39. The Kier molecular flexibility index (Phi) is 8.10. The molecular weight excluding hydrogens is 344 g/mol. The highest BCUT2D eigenvalue weighted by Crippen LogP contribution is 2.17. The van der Waals surface area contributed by atoms with Crippen molar-refractivity contribution in [2.75, 3.05) is 26.7 Å². The first-order valence-electron chi connectivity index (χ1n) is 9.98. The Balaban J connectivity index is 1.49. The summed E-state index contributed by atoms with van der Waals surface area (Å²) in [6, 6.07) is 29.6. The quantitative estimate of drug-likeness (QED) is 0.499. The van der Waals surface area contributed by atoms with Crippen molar-refractivity contribution in [2.24, 2.45) is 0 Å². The molecule has 3 heteroatoms. The second kappa shape index (κ2) is 11.3. The zero-order valence-corrected chi connectivity index (χ0v) is 16.7. The molecule has 0 aliphatic carbocycles. The van der Waals surface area contributed by atoms with E-state index in [1.165, 1.54) is 16.7 Å². The third-order valence-electron chi connectivity index (χ3n) is 4.87. The molecule has 28 heavy (non-hydrogen) atoms. The highest BCUT2D eigenvalue weighted by atomic mass is 16.5. The number of nitrogens with zero attached hydrogens (tertiary/aromatic N) is 1. The third-order valence-corrected chi connectivity index (χ3v) is 4.87. The number of para-hydroxylation sites is 1. The fraction of sp³-hybridized carbons (Fsp3) is 0.280. The van der Waals surface area contributed by atoms with Crippen LogP contribution in [0.25, 0.3) is 0 Å². The summed E-state index contributed by atoms with van der Waals surface area (Å²) in [7, 11) is 1.73. The lowest BCUT2D eigenvalue weighted by molar-refractivity contribution is 0.256. The molecule has 0 saturated heterocycles. The second-order valence-electron chi connectivity index (χ2n) is 6.99. The maximum atomic E-state index is 5.44. The summed E-state index contributed by atoms with van der Waals surface area (Å²) in [6.45, 7) is 4.85. The van der Waals surface area contributed by atoms with Gasteiger partial charge in [-0.3, -0.25) is 4.90 Å². The molecule has 0 heterocycles. The van der Waals surface area contributed by atoms with Crippen molar-refractivity contribution < 1.29 is 4.74 Å². The molecule has 0 unspecified atom stereocenters. The van der Waals surface area contributed by atoms with Gasteiger partial charge in [-0.2, -0.15) is 0 Å². The van der Waals surface area contributed by atoms with E-state index >= 15 is 0 Å². The Hall–Kier alpha value is -2.62. The lowest BCUT2D eigenvalue weighted by Crippen LogP contribution is -2.32. The van der Waals surface area contributed by atoms with Gasteiger partial charge in [-0.15, -0.1) is 0 Å². The Labute approximate surface area is 169 Å². The van der Waals surface area contributed by atoms with Gasteiger partial charge in [0.2, 0.25) is 0 Å². The number of benzene rings is 3. The molecule has 0 aromatic heterocycles. The van der Waals surface area contributed by atoms with Gasteiger partial charge in [-0.1, -0.05) is 78.9 Å². The van der Waals surface area contributed by atoms with Crippen LogP contribution in [0.2, 0.25) is 0 Å². The maximum absolute atomic E-state index is 5.44. The normalized spacial score (nSPS) is 10.9. The minimum atomic E-state index is 0.949. The number of rotatable bonds is 11. The fourth-order valence-corrected chi connectivity index (χ4v) is 3.39. The lowest BCUT2D eigenvalue weighted by atomic mass is 10.1. The number of methoxy groups -OCH3 is 1. The zero-order valence-electron chi connectivity index (χ0n) is 16.7. The summed E-state index contributed by atoms with van der Waals surface area (Å²) in [4.78, 5) is 2.50. The predicted octanol–water partition coefficient (Wildman–Crippen LogP) is 4.53. The lowest BCUT2D eigenvalue weighted by Gasteiger charge is -2.23. The van der Waals surface area contributed by atoms with Gasteiger partial charge in [0.05, 0.1) is 7.11 Å². The molecule has 0 aliphatic rings. The summed E-state index contributed by atoms with van der Waals surface area (Å²) in [5, 5.41) is 3.59. The number of hydrogen-bond acceptors (Lipinski definition) is 3. The van der Waals surface area contributed by atoms with Crippen molar-refractivity contribution in [3.8, 4) is 5.75 Å². The molecule has 146 valence electrons. The van der Waals surface area contributed by atoms with Crippen LogP contribution in [0.4, 0.5) is 0 Å². The summed E-state index contributed by atoms with van der Waals surface area (Å²) in [5.74, 6) is 0.971. The van der Waals surface area contributed by atoms with E-state index in [1.54, 1.807) is 7.11 Å². The number of nitrogens with one attached hydrogen (secondary N) is 1. The smallest absolute Gasteiger partial charge is 0.122 e. The molecule has 0 radical (unpaired) electrons. The van der Waals surface area contributed by atoms with Crippen molar-refractivity contribution >= 4 is 0 Å². The average Bonchev–Trinajstić information content (AvgIpc) is 2.75. The van der Waals surface area contributed by atoms with Crippen LogP contribution in [0.5, 0.6) is 5.75 Å². The first kappa shape index (κ1) is 20.1. The van der Waals surface area contributed by atoms with E-state index in [9.17, 15) is 0 Å². The maximum Gasteiger partial charge on any atom is 0.122 e. The van der Waals surface area contributed by atoms with Crippen LogP contribution in [0, 0.1) is 0 Å². The molecule has 3 aromatic rings. The van der Waals surface area contributed by atoms with Crippen molar-refractivity contribution in [1.29, 1.82) is 0 Å². The van der Waals surface area contributed by atoms with E-state index in [0.717, 1.165) is 44.9 Å². The standard InChI is InChI=1S/C25H30N2O/c1-28-25-15-9-8-14-24(25)16-17-26-18-19-27(20-22-10-4-2-5-11-22)21-23-12-6-3-7-13-23/h2-15,26H,16-21H2,1H3. The molecule has 1 N–H and O–H groups in total. The van der Waals surface area contributed by atoms with Gasteiger partial charge in [0.15, 0.2) is 0 Å². The Bertz CT molecular complexity index is 764. The Morgan fingerprint density at radius 2 is 1.29 bits per heavy atom. The SMILES string of the molecule is COc1ccccc1CCNCCN(Cc1ccccc1)Cc1ccccc1. The molecule has 0 spiro atoms. The highest BCUT2D eigenvalue weighted by molar-refractivity contribution is 5.33. The molecule has 0 saturated carbocycles. The monoisotopic (exact) mass is 374 g/mol. The van der Waals surface area contributed by atoms with Crippen LogP contribution >= 0.6 is 0 Å². The molecule has 3 rings (SSSR count).